The highest BCUT2D eigenvalue weighted by Crippen LogP contribution is 2.12. The number of halogens is 2. The molecule has 0 heterocycles. The molecule has 2 rings (SSSR count). The molecule has 0 saturated heterocycles. The first-order chi connectivity index (χ1) is 12.0. The minimum Gasteiger partial charge on any atom is -0.390 e. The lowest BCUT2D eigenvalue weighted by atomic mass is 10.0. The zero-order chi connectivity index (χ0) is 18.2. The van der Waals surface area contributed by atoms with Gasteiger partial charge in [0.1, 0.15) is 11.6 Å². The van der Waals surface area contributed by atoms with Crippen LogP contribution >= 0.6 is 0 Å². The van der Waals surface area contributed by atoms with E-state index in [0.29, 0.717) is 25.1 Å². The predicted octanol–water partition coefficient (Wildman–Crippen LogP) is 2.81. The highest BCUT2D eigenvalue weighted by atomic mass is 19.1. The Labute approximate surface area is 148 Å². The Balaban J connectivity index is 1.87. The van der Waals surface area contributed by atoms with Gasteiger partial charge in [-0.15, -0.1) is 0 Å². The summed E-state index contributed by atoms with van der Waals surface area (Å²) in [5.41, 5.74) is 2.97. The number of benzene rings is 2. The summed E-state index contributed by atoms with van der Waals surface area (Å²) in [4.78, 5) is 0. The fourth-order valence-corrected chi connectivity index (χ4v) is 2.88. The Morgan fingerprint density at radius 3 is 2.32 bits per heavy atom. The maximum absolute atomic E-state index is 13.3. The SMILES string of the molecule is CCc1cccc(CNC[C@@H](O)[C@H](Cc2cc(F)cc(F)c2)NC)c1. The Morgan fingerprint density at radius 1 is 1.00 bits per heavy atom. The van der Waals surface area contributed by atoms with Crippen molar-refractivity contribution in [1.82, 2.24) is 10.6 Å². The van der Waals surface area contributed by atoms with Gasteiger partial charge in [0.15, 0.2) is 0 Å². The van der Waals surface area contributed by atoms with Crippen molar-refractivity contribution in [2.24, 2.45) is 0 Å². The van der Waals surface area contributed by atoms with E-state index < -0.39 is 17.7 Å². The van der Waals surface area contributed by atoms with Crippen molar-refractivity contribution < 1.29 is 13.9 Å². The van der Waals surface area contributed by atoms with Gasteiger partial charge in [-0.3, -0.25) is 0 Å². The van der Waals surface area contributed by atoms with Crippen LogP contribution in [0.25, 0.3) is 0 Å². The van der Waals surface area contributed by atoms with Gasteiger partial charge in [-0.05, 0) is 48.7 Å². The minimum atomic E-state index is -0.675. The number of hydrogen-bond acceptors (Lipinski definition) is 3. The van der Waals surface area contributed by atoms with Crippen LogP contribution in [0.2, 0.25) is 0 Å². The highest BCUT2D eigenvalue weighted by Gasteiger charge is 2.18. The van der Waals surface area contributed by atoms with Gasteiger partial charge in [0.25, 0.3) is 0 Å². The monoisotopic (exact) mass is 348 g/mol. The van der Waals surface area contributed by atoms with E-state index in [0.717, 1.165) is 12.5 Å². The first-order valence-corrected chi connectivity index (χ1v) is 8.60. The Kier molecular flexibility index (Phi) is 7.50. The smallest absolute Gasteiger partial charge is 0.126 e. The molecule has 2 aromatic carbocycles. The maximum Gasteiger partial charge on any atom is 0.126 e. The van der Waals surface area contributed by atoms with Gasteiger partial charge >= 0.3 is 0 Å². The van der Waals surface area contributed by atoms with Crippen molar-refractivity contribution in [2.45, 2.75) is 38.5 Å². The third-order valence-corrected chi connectivity index (χ3v) is 4.30. The minimum absolute atomic E-state index is 0.296. The van der Waals surface area contributed by atoms with Gasteiger partial charge in [-0.2, -0.15) is 0 Å². The topological polar surface area (TPSA) is 44.3 Å². The molecule has 0 saturated carbocycles. The molecule has 0 aliphatic rings. The zero-order valence-electron chi connectivity index (χ0n) is 14.7. The van der Waals surface area contributed by atoms with Gasteiger partial charge in [-0.25, -0.2) is 8.78 Å². The van der Waals surface area contributed by atoms with Crippen LogP contribution in [0.3, 0.4) is 0 Å². The second-order valence-electron chi connectivity index (χ2n) is 6.25. The number of aliphatic hydroxyl groups is 1. The summed E-state index contributed by atoms with van der Waals surface area (Å²) >= 11 is 0. The molecule has 0 radical (unpaired) electrons. The summed E-state index contributed by atoms with van der Waals surface area (Å²) in [6.07, 6.45) is 0.660. The predicted molar refractivity (Wildman–Crippen MR) is 96.4 cm³/mol. The molecule has 0 bridgehead atoms. The molecule has 5 heteroatoms. The molecule has 0 aromatic heterocycles. The van der Waals surface area contributed by atoms with Crippen LogP contribution in [-0.4, -0.2) is 30.8 Å². The molecular formula is C20H26F2N2O. The molecule has 25 heavy (non-hydrogen) atoms. The molecule has 0 aliphatic carbocycles. The number of nitrogens with one attached hydrogen (secondary N) is 2. The van der Waals surface area contributed by atoms with E-state index in [2.05, 4.69) is 29.7 Å². The largest absolute Gasteiger partial charge is 0.390 e. The molecule has 3 nitrogen and oxygen atoms in total. The average molecular weight is 348 g/mol. The first kappa shape index (κ1) is 19.5. The Hall–Kier alpha value is -1.82. The van der Waals surface area contributed by atoms with E-state index in [4.69, 9.17) is 0 Å². The van der Waals surface area contributed by atoms with Crippen LogP contribution < -0.4 is 10.6 Å². The number of aryl methyl sites for hydroxylation is 1. The molecule has 0 aliphatic heterocycles. The second-order valence-corrected chi connectivity index (χ2v) is 6.25. The van der Waals surface area contributed by atoms with Gasteiger partial charge in [0, 0.05) is 25.2 Å². The van der Waals surface area contributed by atoms with Crippen LogP contribution in [0.5, 0.6) is 0 Å². The van der Waals surface area contributed by atoms with E-state index in [1.54, 1.807) is 7.05 Å². The van der Waals surface area contributed by atoms with E-state index in [-0.39, 0.29) is 6.04 Å². The van der Waals surface area contributed by atoms with Crippen LogP contribution in [0.15, 0.2) is 42.5 Å². The van der Waals surface area contributed by atoms with Crippen LogP contribution in [0.4, 0.5) is 8.78 Å². The highest BCUT2D eigenvalue weighted by molar-refractivity contribution is 5.23. The lowest BCUT2D eigenvalue weighted by molar-refractivity contribution is 0.128. The lowest BCUT2D eigenvalue weighted by Gasteiger charge is -2.23. The molecular weight excluding hydrogens is 322 g/mol. The van der Waals surface area contributed by atoms with E-state index in [1.807, 2.05) is 12.1 Å². The normalized spacial score (nSPS) is 13.6. The summed E-state index contributed by atoms with van der Waals surface area (Å²) in [5, 5.41) is 16.6. The standard InChI is InChI=1S/C20H26F2N2O/c1-3-14-5-4-6-15(7-14)12-24-13-20(25)19(23-2)10-16-8-17(21)11-18(22)9-16/h4-9,11,19-20,23-25H,3,10,12-13H2,1-2H3/t19-,20+/m0/s1. The average Bonchev–Trinajstić information content (AvgIpc) is 2.59. The molecule has 0 unspecified atom stereocenters. The molecule has 136 valence electrons. The number of rotatable bonds is 9. The van der Waals surface area contributed by atoms with Crippen LogP contribution in [0, 0.1) is 11.6 Å². The number of hydrogen-bond donors (Lipinski definition) is 3. The lowest BCUT2D eigenvalue weighted by Crippen LogP contribution is -2.44. The summed E-state index contributed by atoms with van der Waals surface area (Å²) in [6.45, 7) is 3.17. The molecule has 0 amide bonds. The molecule has 0 fully saturated rings. The summed E-state index contributed by atoms with van der Waals surface area (Å²) < 4.78 is 26.6. The van der Waals surface area contributed by atoms with E-state index in [9.17, 15) is 13.9 Å². The van der Waals surface area contributed by atoms with Crippen molar-refractivity contribution in [3.8, 4) is 0 Å². The quantitative estimate of drug-likeness (QED) is 0.653. The van der Waals surface area contributed by atoms with E-state index in [1.165, 1.54) is 23.3 Å². The van der Waals surface area contributed by atoms with Gasteiger partial charge in [-0.1, -0.05) is 31.2 Å². The van der Waals surface area contributed by atoms with Crippen molar-refractivity contribution in [3.63, 3.8) is 0 Å². The second kappa shape index (κ2) is 9.61. The fourth-order valence-electron chi connectivity index (χ4n) is 2.88. The third-order valence-electron chi connectivity index (χ3n) is 4.30. The van der Waals surface area contributed by atoms with Crippen molar-refractivity contribution in [2.75, 3.05) is 13.6 Å². The van der Waals surface area contributed by atoms with Crippen molar-refractivity contribution in [1.29, 1.82) is 0 Å². The molecule has 3 N–H and O–H groups in total. The maximum atomic E-state index is 13.3. The number of likely N-dealkylation sites (N-methyl/N-ethyl adjacent to an activating group) is 1. The van der Waals surface area contributed by atoms with Gasteiger partial charge in [0.05, 0.1) is 6.10 Å². The zero-order valence-corrected chi connectivity index (χ0v) is 14.7. The summed E-state index contributed by atoms with van der Waals surface area (Å²) in [6, 6.07) is 11.5. The van der Waals surface area contributed by atoms with Gasteiger partial charge in [0.2, 0.25) is 0 Å². The van der Waals surface area contributed by atoms with Crippen molar-refractivity contribution >= 4 is 0 Å². The summed E-state index contributed by atoms with van der Waals surface area (Å²) in [7, 11) is 1.73. The Bertz CT molecular complexity index is 658. The van der Waals surface area contributed by atoms with Gasteiger partial charge < -0.3 is 15.7 Å². The Morgan fingerprint density at radius 2 is 1.68 bits per heavy atom. The van der Waals surface area contributed by atoms with Crippen LogP contribution in [0.1, 0.15) is 23.6 Å². The third kappa shape index (κ3) is 6.20. The van der Waals surface area contributed by atoms with Crippen molar-refractivity contribution in [3.05, 3.63) is 70.8 Å². The summed E-state index contributed by atoms with van der Waals surface area (Å²) in [5.74, 6) is -1.21. The molecule has 2 aromatic rings. The van der Waals surface area contributed by atoms with E-state index >= 15 is 0 Å². The number of aliphatic hydroxyl groups excluding tert-OH is 1. The first-order valence-electron chi connectivity index (χ1n) is 8.60. The van der Waals surface area contributed by atoms with Crippen LogP contribution in [-0.2, 0) is 19.4 Å². The molecule has 2 atom stereocenters. The molecule has 0 spiro atoms. The fraction of sp³-hybridized carbons (Fsp3) is 0.400.